The van der Waals surface area contributed by atoms with Crippen molar-refractivity contribution >= 4 is 0 Å². The molecule has 1 aromatic carbocycles. The quantitative estimate of drug-likeness (QED) is 0.584. The van der Waals surface area contributed by atoms with Crippen LogP contribution in [0.3, 0.4) is 0 Å². The van der Waals surface area contributed by atoms with E-state index in [-0.39, 0.29) is 0 Å². The Kier molecular flexibility index (Phi) is 1.76. The number of aryl methyl sites for hydroxylation is 1. The summed E-state index contributed by atoms with van der Waals surface area (Å²) in [5, 5.41) is 0. The molecular formula is C14H16. The van der Waals surface area contributed by atoms with Gasteiger partial charge in [-0.2, -0.15) is 0 Å². The lowest BCUT2D eigenvalue weighted by Gasteiger charge is -2.20. The van der Waals surface area contributed by atoms with Crippen LogP contribution in [0.4, 0.5) is 0 Å². The maximum absolute atomic E-state index is 2.44. The highest BCUT2D eigenvalue weighted by Crippen LogP contribution is 2.49. The smallest absolute Gasteiger partial charge is 0.00906 e. The fourth-order valence-corrected chi connectivity index (χ4v) is 3.14. The third-order valence-corrected chi connectivity index (χ3v) is 3.87. The second kappa shape index (κ2) is 2.98. The molecule has 2 aliphatic carbocycles. The van der Waals surface area contributed by atoms with Gasteiger partial charge in [-0.05, 0) is 48.6 Å². The Labute approximate surface area is 85.6 Å². The van der Waals surface area contributed by atoms with Crippen molar-refractivity contribution in [3.05, 3.63) is 47.5 Å². The van der Waals surface area contributed by atoms with Crippen LogP contribution in [0.5, 0.6) is 0 Å². The predicted molar refractivity (Wildman–Crippen MR) is 59.3 cm³/mol. The molecule has 0 saturated heterocycles. The Hall–Kier alpha value is -1.04. The van der Waals surface area contributed by atoms with Crippen molar-refractivity contribution in [2.24, 2.45) is 11.8 Å². The topological polar surface area (TPSA) is 0 Å². The van der Waals surface area contributed by atoms with Crippen LogP contribution >= 0.6 is 0 Å². The summed E-state index contributed by atoms with van der Waals surface area (Å²) in [5.41, 5.74) is 3.06. The molecule has 3 rings (SSSR count). The average Bonchev–Trinajstić information content (AvgIpc) is 2.79. The zero-order valence-electron chi connectivity index (χ0n) is 8.61. The average molecular weight is 184 g/mol. The van der Waals surface area contributed by atoms with Crippen LogP contribution in [-0.2, 0) is 0 Å². The van der Waals surface area contributed by atoms with Crippen LogP contribution in [0, 0.1) is 18.8 Å². The lowest BCUT2D eigenvalue weighted by molar-refractivity contribution is 0.583. The van der Waals surface area contributed by atoms with Crippen LogP contribution in [0.2, 0.25) is 0 Å². The highest BCUT2D eigenvalue weighted by molar-refractivity contribution is 5.33. The van der Waals surface area contributed by atoms with Gasteiger partial charge < -0.3 is 0 Å². The molecular weight excluding hydrogens is 168 g/mol. The minimum atomic E-state index is 0.811. The number of hydrogen-bond acceptors (Lipinski definition) is 0. The third-order valence-electron chi connectivity index (χ3n) is 3.87. The summed E-state index contributed by atoms with van der Waals surface area (Å²) in [5.74, 6) is 2.52. The molecule has 0 radical (unpaired) electrons. The van der Waals surface area contributed by atoms with E-state index < -0.39 is 0 Å². The Bertz CT molecular complexity index is 375. The first kappa shape index (κ1) is 8.28. The summed E-state index contributed by atoms with van der Waals surface area (Å²) >= 11 is 0. The first-order chi connectivity index (χ1) is 6.84. The van der Waals surface area contributed by atoms with E-state index in [1.54, 1.807) is 5.56 Å². The Morgan fingerprint density at radius 1 is 1.07 bits per heavy atom. The largest absolute Gasteiger partial charge is 0.0851 e. The molecule has 0 nitrogen and oxygen atoms in total. The maximum Gasteiger partial charge on any atom is -0.00906 e. The summed E-state index contributed by atoms with van der Waals surface area (Å²) in [6.07, 6.45) is 7.63. The van der Waals surface area contributed by atoms with E-state index in [1.165, 1.54) is 18.4 Å². The van der Waals surface area contributed by atoms with Gasteiger partial charge in [0.05, 0.1) is 0 Å². The van der Waals surface area contributed by atoms with Crippen LogP contribution in [0.1, 0.15) is 29.9 Å². The van der Waals surface area contributed by atoms with Crippen molar-refractivity contribution in [1.82, 2.24) is 0 Å². The van der Waals surface area contributed by atoms with Crippen LogP contribution in [0.25, 0.3) is 0 Å². The van der Waals surface area contributed by atoms with Crippen molar-refractivity contribution in [3.8, 4) is 0 Å². The van der Waals surface area contributed by atoms with Crippen molar-refractivity contribution in [3.63, 3.8) is 0 Å². The molecule has 2 aliphatic rings. The highest BCUT2D eigenvalue weighted by atomic mass is 14.4. The third kappa shape index (κ3) is 1.13. The molecule has 0 N–H and O–H groups in total. The van der Waals surface area contributed by atoms with Gasteiger partial charge in [0.2, 0.25) is 0 Å². The zero-order valence-corrected chi connectivity index (χ0v) is 8.61. The molecule has 0 heterocycles. The molecule has 3 atom stereocenters. The van der Waals surface area contributed by atoms with E-state index >= 15 is 0 Å². The summed E-state index contributed by atoms with van der Waals surface area (Å²) in [6, 6.07) is 8.87. The first-order valence-electron chi connectivity index (χ1n) is 5.58. The Morgan fingerprint density at radius 3 is 2.57 bits per heavy atom. The van der Waals surface area contributed by atoms with E-state index in [0.717, 1.165) is 17.8 Å². The van der Waals surface area contributed by atoms with Crippen LogP contribution in [-0.4, -0.2) is 0 Å². The number of fused-ring (bicyclic) bond motifs is 2. The molecule has 72 valence electrons. The second-order valence-electron chi connectivity index (χ2n) is 4.74. The van der Waals surface area contributed by atoms with E-state index in [4.69, 9.17) is 0 Å². The molecule has 1 aromatic rings. The van der Waals surface area contributed by atoms with Crippen LogP contribution < -0.4 is 0 Å². The maximum atomic E-state index is 2.44. The summed E-state index contributed by atoms with van der Waals surface area (Å²) in [7, 11) is 0. The first-order valence-corrected chi connectivity index (χ1v) is 5.58. The lowest BCUT2D eigenvalue weighted by Crippen LogP contribution is -2.06. The Morgan fingerprint density at radius 2 is 1.93 bits per heavy atom. The molecule has 0 spiro atoms. The van der Waals surface area contributed by atoms with E-state index in [0.29, 0.717) is 0 Å². The van der Waals surface area contributed by atoms with Gasteiger partial charge in [-0.1, -0.05) is 36.4 Å². The number of hydrogen-bond donors (Lipinski definition) is 0. The normalized spacial score (nSPS) is 33.9. The molecule has 3 unspecified atom stereocenters. The number of allylic oxidation sites excluding steroid dienone is 2. The second-order valence-corrected chi connectivity index (χ2v) is 4.74. The van der Waals surface area contributed by atoms with Crippen molar-refractivity contribution < 1.29 is 0 Å². The zero-order chi connectivity index (χ0) is 9.54. The lowest BCUT2D eigenvalue weighted by atomic mass is 9.85. The summed E-state index contributed by atoms with van der Waals surface area (Å²) in [4.78, 5) is 0. The van der Waals surface area contributed by atoms with Gasteiger partial charge in [0.1, 0.15) is 0 Å². The van der Waals surface area contributed by atoms with Gasteiger partial charge in [0.15, 0.2) is 0 Å². The van der Waals surface area contributed by atoms with E-state index in [9.17, 15) is 0 Å². The van der Waals surface area contributed by atoms with Gasteiger partial charge in [-0.3, -0.25) is 0 Å². The fourth-order valence-electron chi connectivity index (χ4n) is 3.14. The fraction of sp³-hybridized carbons (Fsp3) is 0.429. The molecule has 1 saturated carbocycles. The predicted octanol–water partition coefficient (Wildman–Crippen LogP) is 3.67. The molecule has 0 aromatic heterocycles. The van der Waals surface area contributed by atoms with Gasteiger partial charge in [-0.15, -0.1) is 0 Å². The van der Waals surface area contributed by atoms with Gasteiger partial charge >= 0.3 is 0 Å². The van der Waals surface area contributed by atoms with E-state index in [2.05, 4.69) is 43.3 Å². The highest BCUT2D eigenvalue weighted by Gasteiger charge is 2.36. The van der Waals surface area contributed by atoms with Crippen molar-refractivity contribution in [2.75, 3.05) is 0 Å². The standard InChI is InChI=1S/C14H16/c1-10-4-2-3-5-13(10)14-9-11-6-7-12(14)8-11/h2-7,11-12,14H,8-9H2,1H3. The number of benzene rings is 1. The molecule has 14 heavy (non-hydrogen) atoms. The summed E-state index contributed by atoms with van der Waals surface area (Å²) in [6.45, 7) is 2.24. The number of rotatable bonds is 1. The van der Waals surface area contributed by atoms with Crippen LogP contribution in [0.15, 0.2) is 36.4 Å². The minimum Gasteiger partial charge on any atom is -0.0851 e. The monoisotopic (exact) mass is 184 g/mol. The van der Waals surface area contributed by atoms with Gasteiger partial charge in [0, 0.05) is 0 Å². The van der Waals surface area contributed by atoms with Crippen molar-refractivity contribution in [1.29, 1.82) is 0 Å². The molecule has 0 amide bonds. The molecule has 2 bridgehead atoms. The van der Waals surface area contributed by atoms with E-state index in [1.807, 2.05) is 0 Å². The Balaban J connectivity index is 1.97. The minimum absolute atomic E-state index is 0.811. The molecule has 1 fully saturated rings. The van der Waals surface area contributed by atoms with Gasteiger partial charge in [0.25, 0.3) is 0 Å². The molecule has 0 heteroatoms. The van der Waals surface area contributed by atoms with Gasteiger partial charge in [-0.25, -0.2) is 0 Å². The summed E-state index contributed by atoms with van der Waals surface area (Å²) < 4.78 is 0. The SMILES string of the molecule is Cc1ccccc1C1CC2C=CC1C2. The van der Waals surface area contributed by atoms with Crippen molar-refractivity contribution in [2.45, 2.75) is 25.7 Å². The molecule has 0 aliphatic heterocycles.